The van der Waals surface area contributed by atoms with Crippen LogP contribution in [0.15, 0.2) is 23.3 Å². The summed E-state index contributed by atoms with van der Waals surface area (Å²) in [5.74, 6) is 0.955. The van der Waals surface area contributed by atoms with Gasteiger partial charge in [-0.3, -0.25) is 14.8 Å². The van der Waals surface area contributed by atoms with E-state index in [2.05, 4.69) is 35.0 Å². The number of H-pyrrole nitrogens is 1. The van der Waals surface area contributed by atoms with Crippen LogP contribution in [0.25, 0.3) is 22.4 Å². The second-order valence-corrected chi connectivity index (χ2v) is 6.84. The van der Waals surface area contributed by atoms with E-state index in [1.807, 2.05) is 16.9 Å². The lowest BCUT2D eigenvalue weighted by Crippen LogP contribution is -2.44. The van der Waals surface area contributed by atoms with Gasteiger partial charge in [-0.15, -0.1) is 0 Å². The number of rotatable bonds is 2. The molecule has 5 rings (SSSR count). The first-order chi connectivity index (χ1) is 12.7. The standard InChI is InChI=1S/C18H21N7O/c1-11-10-26-8-7-24(11)15-9-13-12(2)19-5-6-25-18(13)17(21-15)16(23-25)14-3-4-20-22-14/h3-4,9,11H,5-8,10H2,1-2H3,(H,20,22)/t11-/m1/s1. The fourth-order valence-electron chi connectivity index (χ4n) is 3.78. The van der Waals surface area contributed by atoms with E-state index in [1.54, 1.807) is 0 Å². The van der Waals surface area contributed by atoms with Crippen LogP contribution < -0.4 is 4.90 Å². The number of aromatic amines is 1. The second kappa shape index (κ2) is 5.91. The van der Waals surface area contributed by atoms with Gasteiger partial charge >= 0.3 is 0 Å². The van der Waals surface area contributed by atoms with Gasteiger partial charge in [0.1, 0.15) is 22.7 Å². The fourth-order valence-corrected chi connectivity index (χ4v) is 3.78. The largest absolute Gasteiger partial charge is 0.377 e. The number of nitrogens with one attached hydrogen (secondary N) is 1. The van der Waals surface area contributed by atoms with Gasteiger partial charge in [0.25, 0.3) is 0 Å². The first-order valence-electron chi connectivity index (χ1n) is 9.00. The van der Waals surface area contributed by atoms with Crippen molar-refractivity contribution in [3.05, 3.63) is 23.9 Å². The van der Waals surface area contributed by atoms with Crippen molar-refractivity contribution in [2.75, 3.05) is 31.2 Å². The molecule has 0 amide bonds. The molecule has 0 spiro atoms. The van der Waals surface area contributed by atoms with Crippen molar-refractivity contribution in [1.82, 2.24) is 25.0 Å². The Morgan fingerprint density at radius 3 is 3.04 bits per heavy atom. The number of hydrogen-bond donors (Lipinski definition) is 1. The summed E-state index contributed by atoms with van der Waals surface area (Å²) in [5.41, 5.74) is 5.71. The topological polar surface area (TPSA) is 84.2 Å². The summed E-state index contributed by atoms with van der Waals surface area (Å²) < 4.78 is 7.61. The molecule has 2 aliphatic heterocycles. The van der Waals surface area contributed by atoms with Gasteiger partial charge in [0.2, 0.25) is 0 Å². The Morgan fingerprint density at radius 2 is 2.23 bits per heavy atom. The minimum Gasteiger partial charge on any atom is -0.377 e. The highest BCUT2D eigenvalue weighted by Crippen LogP contribution is 2.32. The Hall–Kier alpha value is -2.74. The van der Waals surface area contributed by atoms with Crippen LogP contribution in [0.2, 0.25) is 0 Å². The Bertz CT molecular complexity index is 989. The first kappa shape index (κ1) is 15.5. The van der Waals surface area contributed by atoms with Crippen molar-refractivity contribution in [2.24, 2.45) is 4.99 Å². The number of anilines is 1. The SMILES string of the molecule is CC1=NCCn2nc(-c3cc[nH]n3)c3nc(N4CCOC[C@H]4C)cc1c32. The summed E-state index contributed by atoms with van der Waals surface area (Å²) in [6.45, 7) is 7.98. The van der Waals surface area contributed by atoms with E-state index in [0.29, 0.717) is 6.61 Å². The molecule has 26 heavy (non-hydrogen) atoms. The van der Waals surface area contributed by atoms with Crippen LogP contribution in [-0.4, -0.2) is 63.0 Å². The van der Waals surface area contributed by atoms with E-state index in [0.717, 1.165) is 65.8 Å². The fraction of sp³-hybridized carbons (Fsp3) is 0.444. The average molecular weight is 351 g/mol. The quantitative estimate of drug-likeness (QED) is 0.762. The number of hydrogen-bond acceptors (Lipinski definition) is 6. The maximum atomic E-state index is 5.59. The van der Waals surface area contributed by atoms with Gasteiger partial charge in [-0.2, -0.15) is 10.2 Å². The molecule has 0 radical (unpaired) electrons. The summed E-state index contributed by atoms with van der Waals surface area (Å²) in [6, 6.07) is 4.37. The smallest absolute Gasteiger partial charge is 0.139 e. The second-order valence-electron chi connectivity index (χ2n) is 6.84. The minimum atomic E-state index is 0.285. The van der Waals surface area contributed by atoms with Crippen molar-refractivity contribution >= 4 is 22.6 Å². The van der Waals surface area contributed by atoms with E-state index >= 15 is 0 Å². The Labute approximate surface area is 150 Å². The number of nitrogens with zero attached hydrogens (tertiary/aromatic N) is 6. The molecule has 5 heterocycles. The first-order valence-corrected chi connectivity index (χ1v) is 9.00. The van der Waals surface area contributed by atoms with Crippen LogP contribution in [0, 0.1) is 0 Å². The zero-order valence-corrected chi connectivity index (χ0v) is 14.9. The van der Waals surface area contributed by atoms with Crippen LogP contribution in [0.1, 0.15) is 19.4 Å². The number of pyridine rings is 1. The van der Waals surface area contributed by atoms with E-state index in [4.69, 9.17) is 19.8 Å². The summed E-state index contributed by atoms with van der Waals surface area (Å²) in [5, 5.41) is 12.0. The van der Waals surface area contributed by atoms with Crippen LogP contribution in [-0.2, 0) is 11.3 Å². The lowest BCUT2D eigenvalue weighted by atomic mass is 10.1. The molecule has 1 fully saturated rings. The van der Waals surface area contributed by atoms with Crippen LogP contribution in [0.3, 0.4) is 0 Å². The molecule has 2 aliphatic rings. The minimum absolute atomic E-state index is 0.285. The number of morpholine rings is 1. The van der Waals surface area contributed by atoms with E-state index in [1.165, 1.54) is 0 Å². The van der Waals surface area contributed by atoms with Gasteiger partial charge < -0.3 is 9.64 Å². The summed E-state index contributed by atoms with van der Waals surface area (Å²) >= 11 is 0. The molecule has 134 valence electrons. The monoisotopic (exact) mass is 351 g/mol. The van der Waals surface area contributed by atoms with Gasteiger partial charge in [-0.25, -0.2) is 4.98 Å². The van der Waals surface area contributed by atoms with Crippen LogP contribution >= 0.6 is 0 Å². The van der Waals surface area contributed by atoms with Crippen molar-refractivity contribution in [1.29, 1.82) is 0 Å². The maximum Gasteiger partial charge on any atom is 0.139 e. The molecule has 1 saturated heterocycles. The third-order valence-corrected chi connectivity index (χ3v) is 5.14. The highest BCUT2D eigenvalue weighted by Gasteiger charge is 2.26. The van der Waals surface area contributed by atoms with Gasteiger partial charge in [0.15, 0.2) is 0 Å². The van der Waals surface area contributed by atoms with Crippen LogP contribution in [0.5, 0.6) is 0 Å². The van der Waals surface area contributed by atoms with Gasteiger partial charge in [0.05, 0.1) is 37.9 Å². The van der Waals surface area contributed by atoms with Crippen molar-refractivity contribution in [3.8, 4) is 11.4 Å². The molecule has 1 N–H and O–H groups in total. The third kappa shape index (κ3) is 2.33. The van der Waals surface area contributed by atoms with E-state index in [-0.39, 0.29) is 6.04 Å². The predicted molar refractivity (Wildman–Crippen MR) is 99.8 cm³/mol. The lowest BCUT2D eigenvalue weighted by molar-refractivity contribution is 0.0986. The highest BCUT2D eigenvalue weighted by molar-refractivity contribution is 6.11. The molecule has 0 aliphatic carbocycles. The Balaban J connectivity index is 1.78. The average Bonchev–Trinajstić information content (AvgIpc) is 3.26. The molecular formula is C18H21N7O. The summed E-state index contributed by atoms with van der Waals surface area (Å²) in [7, 11) is 0. The zero-order chi connectivity index (χ0) is 17.7. The molecule has 8 heteroatoms. The van der Waals surface area contributed by atoms with Crippen molar-refractivity contribution in [3.63, 3.8) is 0 Å². The van der Waals surface area contributed by atoms with Crippen molar-refractivity contribution in [2.45, 2.75) is 26.4 Å². The molecule has 0 unspecified atom stereocenters. The molecule has 0 bridgehead atoms. The molecule has 3 aromatic heterocycles. The number of aromatic nitrogens is 5. The zero-order valence-electron chi connectivity index (χ0n) is 14.9. The van der Waals surface area contributed by atoms with Crippen molar-refractivity contribution < 1.29 is 4.74 Å². The Morgan fingerprint density at radius 1 is 1.31 bits per heavy atom. The van der Waals surface area contributed by atoms with Gasteiger partial charge in [-0.05, 0) is 26.0 Å². The van der Waals surface area contributed by atoms with E-state index in [9.17, 15) is 0 Å². The summed E-state index contributed by atoms with van der Waals surface area (Å²) in [6.07, 6.45) is 1.81. The van der Waals surface area contributed by atoms with Gasteiger partial charge in [0, 0.05) is 24.0 Å². The molecule has 3 aromatic rings. The maximum absolute atomic E-state index is 5.59. The van der Waals surface area contributed by atoms with Crippen LogP contribution in [0.4, 0.5) is 5.82 Å². The molecule has 1 atom stereocenters. The van der Waals surface area contributed by atoms with E-state index < -0.39 is 0 Å². The normalized spacial score (nSPS) is 20.3. The van der Waals surface area contributed by atoms with Gasteiger partial charge in [-0.1, -0.05) is 0 Å². The lowest BCUT2D eigenvalue weighted by Gasteiger charge is -2.34. The Kier molecular flexibility index (Phi) is 3.53. The number of ether oxygens (including phenoxy) is 1. The predicted octanol–water partition coefficient (Wildman–Crippen LogP) is 1.87. The molecular weight excluding hydrogens is 330 g/mol. The highest BCUT2D eigenvalue weighted by atomic mass is 16.5. The third-order valence-electron chi connectivity index (χ3n) is 5.14. The molecule has 0 saturated carbocycles. The molecule has 8 nitrogen and oxygen atoms in total. The summed E-state index contributed by atoms with van der Waals surface area (Å²) in [4.78, 5) is 12.0. The molecule has 0 aromatic carbocycles. The number of aliphatic imine (C=N–C) groups is 1.